The number of hydroxylamine groups is 1. The summed E-state index contributed by atoms with van der Waals surface area (Å²) in [7, 11) is 0. The van der Waals surface area contributed by atoms with Crippen LogP contribution in [-0.2, 0) is 36.8 Å². The van der Waals surface area contributed by atoms with Crippen LogP contribution in [0.3, 0.4) is 0 Å². The van der Waals surface area contributed by atoms with E-state index < -0.39 is 29.9 Å². The minimum Gasteiger partial charge on any atom is -0.461 e. The maximum atomic E-state index is 14.2. The van der Waals surface area contributed by atoms with Crippen LogP contribution in [0.2, 0.25) is 0 Å². The molecule has 1 fully saturated rings. The molecule has 1 unspecified atom stereocenters. The number of aromatic amines is 1. The van der Waals surface area contributed by atoms with Gasteiger partial charge in [0, 0.05) is 36.7 Å². The number of hydrogen-bond acceptors (Lipinski definition) is 6. The number of esters is 1. The molecule has 5 rings (SSSR count). The quantitative estimate of drug-likeness (QED) is 0.0972. The van der Waals surface area contributed by atoms with Crippen molar-refractivity contribution in [2.45, 2.75) is 95.2 Å². The number of rotatable bonds is 13. The van der Waals surface area contributed by atoms with E-state index in [0.717, 1.165) is 60.6 Å². The first-order chi connectivity index (χ1) is 21.4. The summed E-state index contributed by atoms with van der Waals surface area (Å²) in [5, 5.41) is 12.7. The number of aromatic nitrogens is 1. The number of nitrogens with one attached hydrogen (secondary N) is 3. The molecular weight excluding hydrogens is 560 g/mol. The summed E-state index contributed by atoms with van der Waals surface area (Å²) >= 11 is 0. The molecule has 2 aliphatic rings. The van der Waals surface area contributed by atoms with E-state index in [4.69, 9.17) is 9.94 Å². The molecule has 0 bridgehead atoms. The van der Waals surface area contributed by atoms with Crippen LogP contribution in [0.15, 0.2) is 54.6 Å². The maximum absolute atomic E-state index is 14.2. The number of para-hydroxylation sites is 1. The van der Waals surface area contributed by atoms with Gasteiger partial charge in [-0.2, -0.15) is 0 Å². The lowest BCUT2D eigenvalue weighted by Crippen LogP contribution is -2.52. The average Bonchev–Trinajstić information content (AvgIpc) is 3.69. The van der Waals surface area contributed by atoms with Gasteiger partial charge in [0.05, 0.1) is 5.69 Å². The monoisotopic (exact) mass is 602 g/mol. The Hall–Kier alpha value is -4.18. The Morgan fingerprint density at radius 2 is 1.64 bits per heavy atom. The van der Waals surface area contributed by atoms with Crippen LogP contribution in [0.4, 0.5) is 0 Å². The molecule has 0 radical (unpaired) electrons. The van der Waals surface area contributed by atoms with Crippen LogP contribution < -0.4 is 10.8 Å². The second-order valence-corrected chi connectivity index (χ2v) is 11.8. The van der Waals surface area contributed by atoms with Crippen molar-refractivity contribution < 1.29 is 29.1 Å². The highest BCUT2D eigenvalue weighted by Crippen LogP contribution is 2.35. The molecule has 0 saturated heterocycles. The van der Waals surface area contributed by atoms with Gasteiger partial charge >= 0.3 is 5.97 Å². The zero-order valence-corrected chi connectivity index (χ0v) is 25.1. The van der Waals surface area contributed by atoms with Gasteiger partial charge in [0.2, 0.25) is 17.7 Å². The van der Waals surface area contributed by atoms with E-state index in [-0.39, 0.29) is 31.3 Å². The highest BCUT2D eigenvalue weighted by atomic mass is 16.5. The van der Waals surface area contributed by atoms with Crippen LogP contribution in [0.5, 0.6) is 0 Å². The summed E-state index contributed by atoms with van der Waals surface area (Å²) < 4.78 is 5.85. The van der Waals surface area contributed by atoms with E-state index in [1.807, 2.05) is 54.6 Å². The summed E-state index contributed by atoms with van der Waals surface area (Å²) in [5.41, 5.74) is 5.13. The Kier molecular flexibility index (Phi) is 10.7. The number of fused-ring (bicyclic) bond motifs is 3. The molecule has 2 atom stereocenters. The van der Waals surface area contributed by atoms with Gasteiger partial charge in [-0.25, -0.2) is 10.3 Å². The second-order valence-electron chi connectivity index (χ2n) is 11.8. The highest BCUT2D eigenvalue weighted by molar-refractivity contribution is 5.95. The van der Waals surface area contributed by atoms with Gasteiger partial charge in [0.15, 0.2) is 6.04 Å². The van der Waals surface area contributed by atoms with Gasteiger partial charge in [-0.15, -0.1) is 0 Å². The second kappa shape index (κ2) is 15.0. The fraction of sp³-hybridized carbons (Fsp3) is 0.471. The van der Waals surface area contributed by atoms with Crippen LogP contribution >= 0.6 is 0 Å². The summed E-state index contributed by atoms with van der Waals surface area (Å²) in [6, 6.07) is 15.6. The number of H-pyrrole nitrogens is 1. The van der Waals surface area contributed by atoms with Crippen molar-refractivity contribution in [2.75, 3.05) is 6.54 Å². The zero-order valence-electron chi connectivity index (χ0n) is 25.1. The van der Waals surface area contributed by atoms with Crippen LogP contribution in [0.1, 0.15) is 87.1 Å². The summed E-state index contributed by atoms with van der Waals surface area (Å²) in [5.74, 6) is -1.41. The first-order valence-corrected chi connectivity index (χ1v) is 15.8. The SMILES string of the molecule is O=C(CCCCCCC(=O)N1CCc2c([nH]c3ccccc23)[C@H]1C(=O)NC(Cc1ccccc1)C(=O)OC1CCCC1)NO. The van der Waals surface area contributed by atoms with Crippen molar-refractivity contribution in [3.8, 4) is 0 Å². The Morgan fingerprint density at radius 3 is 2.39 bits per heavy atom. The third-order valence-electron chi connectivity index (χ3n) is 8.74. The normalized spacial score (nSPS) is 17.2. The highest BCUT2D eigenvalue weighted by Gasteiger charge is 2.39. The lowest BCUT2D eigenvalue weighted by atomic mass is 9.95. The Balaban J connectivity index is 1.34. The van der Waals surface area contributed by atoms with E-state index in [1.54, 1.807) is 10.4 Å². The van der Waals surface area contributed by atoms with Crippen molar-refractivity contribution in [2.24, 2.45) is 0 Å². The number of carbonyl (C=O) groups is 4. The molecule has 10 heteroatoms. The predicted octanol–water partition coefficient (Wildman–Crippen LogP) is 4.65. The lowest BCUT2D eigenvalue weighted by Gasteiger charge is -2.36. The fourth-order valence-electron chi connectivity index (χ4n) is 6.44. The summed E-state index contributed by atoms with van der Waals surface area (Å²) in [6.45, 7) is 0.387. The van der Waals surface area contributed by atoms with Crippen molar-refractivity contribution >= 4 is 34.6 Å². The molecule has 44 heavy (non-hydrogen) atoms. The molecular formula is C34H42N4O6. The molecule has 3 amide bonds. The van der Waals surface area contributed by atoms with Crippen molar-refractivity contribution in [1.29, 1.82) is 0 Å². The Labute approximate surface area is 257 Å². The molecule has 2 heterocycles. The molecule has 1 aliphatic heterocycles. The smallest absolute Gasteiger partial charge is 0.329 e. The van der Waals surface area contributed by atoms with E-state index in [1.165, 1.54) is 0 Å². The number of ether oxygens (including phenoxy) is 1. The van der Waals surface area contributed by atoms with Crippen LogP contribution in [0, 0.1) is 0 Å². The molecule has 0 spiro atoms. The van der Waals surface area contributed by atoms with Gasteiger partial charge in [-0.05, 0) is 62.1 Å². The van der Waals surface area contributed by atoms with Crippen molar-refractivity contribution in [3.63, 3.8) is 0 Å². The van der Waals surface area contributed by atoms with Gasteiger partial charge < -0.3 is 19.9 Å². The number of unbranched alkanes of at least 4 members (excludes halogenated alkanes) is 3. The molecule has 1 aliphatic carbocycles. The summed E-state index contributed by atoms with van der Waals surface area (Å²) in [4.78, 5) is 57.6. The third-order valence-corrected chi connectivity index (χ3v) is 8.74. The molecule has 4 N–H and O–H groups in total. The molecule has 1 saturated carbocycles. The van der Waals surface area contributed by atoms with E-state index in [0.29, 0.717) is 31.5 Å². The minimum atomic E-state index is -0.913. The number of carbonyl (C=O) groups excluding carboxylic acids is 4. The largest absolute Gasteiger partial charge is 0.461 e. The lowest BCUT2D eigenvalue weighted by molar-refractivity contribution is -0.153. The molecule has 2 aromatic carbocycles. The number of benzene rings is 2. The van der Waals surface area contributed by atoms with E-state index >= 15 is 0 Å². The topological polar surface area (TPSA) is 141 Å². The standard InChI is InChI=1S/C34H42N4O6/c39-29(37-43)18-6-1-2-7-19-30(40)38-21-20-26-25-16-10-11-17-27(25)35-31(26)32(38)33(41)36-28(22-23-12-4-3-5-13-23)34(42)44-24-14-8-9-15-24/h3-5,10-13,16-17,24,28,32,35,43H,1-2,6-9,14-15,18-22H2,(H,36,41)(H,37,39)/t28?,32-/m0/s1. The average molecular weight is 603 g/mol. The van der Waals surface area contributed by atoms with Gasteiger partial charge in [0.25, 0.3) is 0 Å². The number of amides is 3. The van der Waals surface area contributed by atoms with Crippen molar-refractivity contribution in [3.05, 3.63) is 71.4 Å². The van der Waals surface area contributed by atoms with Crippen LogP contribution in [0.25, 0.3) is 10.9 Å². The van der Waals surface area contributed by atoms with E-state index in [2.05, 4.69) is 10.3 Å². The Morgan fingerprint density at radius 1 is 0.932 bits per heavy atom. The predicted molar refractivity (Wildman–Crippen MR) is 165 cm³/mol. The van der Waals surface area contributed by atoms with Gasteiger partial charge in [-0.3, -0.25) is 19.6 Å². The molecule has 10 nitrogen and oxygen atoms in total. The molecule has 3 aromatic rings. The van der Waals surface area contributed by atoms with Crippen LogP contribution in [-0.4, -0.2) is 57.5 Å². The van der Waals surface area contributed by atoms with E-state index in [9.17, 15) is 19.2 Å². The third kappa shape index (κ3) is 7.66. The zero-order chi connectivity index (χ0) is 30.9. The minimum absolute atomic E-state index is 0.129. The fourth-order valence-corrected chi connectivity index (χ4v) is 6.44. The maximum Gasteiger partial charge on any atom is 0.329 e. The molecule has 234 valence electrons. The number of hydrogen-bond donors (Lipinski definition) is 4. The van der Waals surface area contributed by atoms with Crippen molar-refractivity contribution in [1.82, 2.24) is 20.7 Å². The van der Waals surface area contributed by atoms with Gasteiger partial charge in [0.1, 0.15) is 12.1 Å². The molecule has 1 aromatic heterocycles. The first-order valence-electron chi connectivity index (χ1n) is 15.8. The first kappa shape index (κ1) is 31.3. The number of nitrogens with zero attached hydrogens (tertiary/aromatic N) is 1. The Bertz CT molecular complexity index is 1450. The summed E-state index contributed by atoms with van der Waals surface area (Å²) in [6.07, 6.45) is 7.70. The van der Waals surface area contributed by atoms with Gasteiger partial charge in [-0.1, -0.05) is 61.4 Å².